The molecule has 2 rings (SSSR count). The van der Waals surface area contributed by atoms with Gasteiger partial charge in [-0.1, -0.05) is 17.7 Å². The first-order valence-corrected chi connectivity index (χ1v) is 6.72. The molecule has 1 N–H and O–H groups in total. The smallest absolute Gasteiger partial charge is 0.127 e. The summed E-state index contributed by atoms with van der Waals surface area (Å²) in [5, 5.41) is 3.51. The van der Waals surface area contributed by atoms with Crippen LogP contribution in [0, 0.1) is 12.7 Å². The van der Waals surface area contributed by atoms with E-state index < -0.39 is 0 Å². The SMILES string of the molecule is CNCc1cc(-c2cc(C)c(F)cc2Cl)ccc1OC. The van der Waals surface area contributed by atoms with Crippen molar-refractivity contribution in [1.29, 1.82) is 0 Å². The number of hydrogen-bond donors (Lipinski definition) is 1. The second-order valence-corrected chi connectivity index (χ2v) is 5.05. The van der Waals surface area contributed by atoms with Gasteiger partial charge in [-0.2, -0.15) is 0 Å². The molecule has 0 atom stereocenters. The Morgan fingerprint density at radius 2 is 2.00 bits per heavy atom. The monoisotopic (exact) mass is 293 g/mol. The van der Waals surface area contributed by atoms with E-state index >= 15 is 0 Å². The van der Waals surface area contributed by atoms with Crippen LogP contribution in [0.4, 0.5) is 4.39 Å². The summed E-state index contributed by atoms with van der Waals surface area (Å²) in [4.78, 5) is 0. The molecule has 0 fully saturated rings. The van der Waals surface area contributed by atoms with Crippen LogP contribution in [0.3, 0.4) is 0 Å². The normalized spacial score (nSPS) is 10.7. The zero-order valence-electron chi connectivity index (χ0n) is 11.8. The van der Waals surface area contributed by atoms with Crippen molar-refractivity contribution in [2.45, 2.75) is 13.5 Å². The molecule has 2 aromatic rings. The molecule has 20 heavy (non-hydrogen) atoms. The first kappa shape index (κ1) is 14.8. The van der Waals surface area contributed by atoms with Crippen molar-refractivity contribution in [2.75, 3.05) is 14.2 Å². The lowest BCUT2D eigenvalue weighted by atomic mass is 10.0. The summed E-state index contributed by atoms with van der Waals surface area (Å²) < 4.78 is 18.8. The van der Waals surface area contributed by atoms with Crippen LogP contribution in [0.5, 0.6) is 5.75 Å². The second kappa shape index (κ2) is 6.25. The number of methoxy groups -OCH3 is 1. The van der Waals surface area contributed by atoms with Crippen molar-refractivity contribution < 1.29 is 9.13 Å². The van der Waals surface area contributed by atoms with Gasteiger partial charge in [0.25, 0.3) is 0 Å². The molecular formula is C16H17ClFNO. The van der Waals surface area contributed by atoms with E-state index in [1.165, 1.54) is 6.07 Å². The third-order valence-corrected chi connectivity index (χ3v) is 3.52. The maximum absolute atomic E-state index is 13.5. The molecule has 4 heteroatoms. The molecule has 0 radical (unpaired) electrons. The number of ether oxygens (including phenoxy) is 1. The van der Waals surface area contributed by atoms with Gasteiger partial charge in [-0.05, 0) is 49.4 Å². The van der Waals surface area contributed by atoms with Gasteiger partial charge in [0.15, 0.2) is 0 Å². The van der Waals surface area contributed by atoms with Gasteiger partial charge in [-0.25, -0.2) is 4.39 Å². The third-order valence-electron chi connectivity index (χ3n) is 3.21. The molecular weight excluding hydrogens is 277 g/mol. The zero-order valence-corrected chi connectivity index (χ0v) is 12.5. The minimum atomic E-state index is -0.289. The molecule has 0 aromatic heterocycles. The van der Waals surface area contributed by atoms with Gasteiger partial charge in [-0.3, -0.25) is 0 Å². The van der Waals surface area contributed by atoms with Gasteiger partial charge < -0.3 is 10.1 Å². The van der Waals surface area contributed by atoms with Gasteiger partial charge in [-0.15, -0.1) is 0 Å². The molecule has 0 aliphatic rings. The molecule has 0 unspecified atom stereocenters. The molecule has 0 heterocycles. The minimum absolute atomic E-state index is 0.289. The minimum Gasteiger partial charge on any atom is -0.496 e. The van der Waals surface area contributed by atoms with E-state index in [1.807, 2.05) is 25.2 Å². The highest BCUT2D eigenvalue weighted by Gasteiger charge is 2.10. The highest BCUT2D eigenvalue weighted by Crippen LogP contribution is 2.33. The van der Waals surface area contributed by atoms with Crippen molar-refractivity contribution in [2.24, 2.45) is 0 Å². The lowest BCUT2D eigenvalue weighted by molar-refractivity contribution is 0.408. The van der Waals surface area contributed by atoms with Crippen LogP contribution in [0.1, 0.15) is 11.1 Å². The van der Waals surface area contributed by atoms with Crippen LogP contribution in [0.2, 0.25) is 5.02 Å². The number of benzene rings is 2. The topological polar surface area (TPSA) is 21.3 Å². The highest BCUT2D eigenvalue weighted by atomic mass is 35.5. The van der Waals surface area contributed by atoms with E-state index in [0.29, 0.717) is 17.1 Å². The Morgan fingerprint density at radius 1 is 1.25 bits per heavy atom. The largest absolute Gasteiger partial charge is 0.496 e. The van der Waals surface area contributed by atoms with E-state index in [2.05, 4.69) is 5.32 Å². The van der Waals surface area contributed by atoms with Crippen molar-refractivity contribution in [3.63, 3.8) is 0 Å². The Morgan fingerprint density at radius 3 is 2.65 bits per heavy atom. The van der Waals surface area contributed by atoms with E-state index in [4.69, 9.17) is 16.3 Å². The molecule has 0 amide bonds. The molecule has 0 aliphatic heterocycles. The van der Waals surface area contributed by atoms with Gasteiger partial charge in [0.1, 0.15) is 11.6 Å². The highest BCUT2D eigenvalue weighted by molar-refractivity contribution is 6.33. The Hall–Kier alpha value is -1.58. The van der Waals surface area contributed by atoms with Crippen molar-refractivity contribution >= 4 is 11.6 Å². The summed E-state index contributed by atoms with van der Waals surface area (Å²) in [5.41, 5.74) is 3.38. The predicted molar refractivity (Wildman–Crippen MR) is 80.9 cm³/mol. The van der Waals surface area contributed by atoms with Crippen LogP contribution in [0.15, 0.2) is 30.3 Å². The van der Waals surface area contributed by atoms with E-state index in [9.17, 15) is 4.39 Å². The molecule has 2 aromatic carbocycles. The van der Waals surface area contributed by atoms with Gasteiger partial charge in [0.05, 0.1) is 12.1 Å². The zero-order chi connectivity index (χ0) is 14.7. The average molecular weight is 294 g/mol. The van der Waals surface area contributed by atoms with Gasteiger partial charge >= 0.3 is 0 Å². The molecule has 0 spiro atoms. The van der Waals surface area contributed by atoms with Gasteiger partial charge in [0.2, 0.25) is 0 Å². The fourth-order valence-electron chi connectivity index (χ4n) is 2.15. The fraction of sp³-hybridized carbons (Fsp3) is 0.250. The predicted octanol–water partition coefficient (Wildman–Crippen LogP) is 4.18. The second-order valence-electron chi connectivity index (χ2n) is 4.64. The molecule has 0 saturated carbocycles. The summed E-state index contributed by atoms with van der Waals surface area (Å²) in [7, 11) is 3.52. The summed E-state index contributed by atoms with van der Waals surface area (Å²) in [6, 6.07) is 8.96. The Kier molecular flexibility index (Phi) is 4.63. The van der Waals surface area contributed by atoms with E-state index in [0.717, 1.165) is 22.4 Å². The Balaban J connectivity index is 2.53. The average Bonchev–Trinajstić information content (AvgIpc) is 2.43. The van der Waals surface area contributed by atoms with Crippen LogP contribution >= 0.6 is 11.6 Å². The number of nitrogens with one attached hydrogen (secondary N) is 1. The van der Waals surface area contributed by atoms with Crippen LogP contribution in [-0.2, 0) is 6.54 Å². The molecule has 0 bridgehead atoms. The van der Waals surface area contributed by atoms with Crippen molar-refractivity contribution in [3.05, 3.63) is 52.3 Å². The maximum Gasteiger partial charge on any atom is 0.127 e. The number of halogens is 2. The van der Waals surface area contributed by atoms with E-state index in [-0.39, 0.29) is 5.82 Å². The number of hydrogen-bond acceptors (Lipinski definition) is 2. The van der Waals surface area contributed by atoms with Gasteiger partial charge in [0, 0.05) is 17.7 Å². The summed E-state index contributed by atoms with van der Waals surface area (Å²) in [6.07, 6.45) is 0. The van der Waals surface area contributed by atoms with Crippen LogP contribution in [-0.4, -0.2) is 14.2 Å². The lowest BCUT2D eigenvalue weighted by Crippen LogP contribution is -2.06. The van der Waals surface area contributed by atoms with Crippen molar-refractivity contribution in [3.8, 4) is 16.9 Å². The molecule has 2 nitrogen and oxygen atoms in total. The summed E-state index contributed by atoms with van der Waals surface area (Å²) in [5.74, 6) is 0.528. The standard InChI is InChI=1S/C16H17ClFNO/c1-10-6-13(14(17)8-15(10)18)11-4-5-16(20-3)12(7-11)9-19-2/h4-8,19H,9H2,1-3H3. The Labute approximate surface area is 123 Å². The van der Waals surface area contributed by atoms with E-state index in [1.54, 1.807) is 20.1 Å². The maximum atomic E-state index is 13.5. The summed E-state index contributed by atoms with van der Waals surface area (Å²) >= 11 is 6.15. The molecule has 106 valence electrons. The van der Waals surface area contributed by atoms with Crippen LogP contribution < -0.4 is 10.1 Å². The first-order chi connectivity index (χ1) is 9.56. The molecule has 0 aliphatic carbocycles. The van der Waals surface area contributed by atoms with Crippen LogP contribution in [0.25, 0.3) is 11.1 Å². The fourth-order valence-corrected chi connectivity index (χ4v) is 2.41. The van der Waals surface area contributed by atoms with Crippen molar-refractivity contribution in [1.82, 2.24) is 5.32 Å². The number of rotatable bonds is 4. The number of aryl methyl sites for hydroxylation is 1. The lowest BCUT2D eigenvalue weighted by Gasteiger charge is -2.12. The quantitative estimate of drug-likeness (QED) is 0.913. The Bertz CT molecular complexity index is 628. The third kappa shape index (κ3) is 2.94. The summed E-state index contributed by atoms with van der Waals surface area (Å²) in [6.45, 7) is 2.42. The first-order valence-electron chi connectivity index (χ1n) is 6.34. The molecule has 0 saturated heterocycles.